The monoisotopic (exact) mass is 656 g/mol. The number of carbonyl (C=O) groups excluding carboxylic acids is 1. The maximum Gasteiger partial charge on any atom is 0.263 e. The molecule has 246 valence electrons. The summed E-state index contributed by atoms with van der Waals surface area (Å²) in [5.74, 6) is 2.17. The normalized spacial score (nSPS) is 31.6. The molecule has 1 saturated heterocycles. The van der Waals surface area contributed by atoms with E-state index in [2.05, 4.69) is 35.6 Å². The number of benzene rings is 2. The number of nitrogens with one attached hydrogen (secondary N) is 1. The molecule has 1 aliphatic carbocycles. The van der Waals surface area contributed by atoms with Crippen LogP contribution in [0.4, 0.5) is 5.69 Å². The van der Waals surface area contributed by atoms with Crippen LogP contribution in [0.2, 0.25) is 5.02 Å². The van der Waals surface area contributed by atoms with Gasteiger partial charge in [-0.3, -0.25) is 9.52 Å². The van der Waals surface area contributed by atoms with Gasteiger partial charge >= 0.3 is 0 Å². The number of hydrogen-bond donors (Lipinski definition) is 1. The van der Waals surface area contributed by atoms with E-state index >= 15 is 0 Å². The third-order valence-corrected chi connectivity index (χ3v) is 12.5. The average molecular weight is 657 g/mol. The molecule has 45 heavy (non-hydrogen) atoms. The van der Waals surface area contributed by atoms with E-state index in [1.807, 2.05) is 25.1 Å². The van der Waals surface area contributed by atoms with Crippen molar-refractivity contribution in [1.82, 2.24) is 4.72 Å². The summed E-state index contributed by atoms with van der Waals surface area (Å²) < 4.78 is 35.1. The highest BCUT2D eigenvalue weighted by Crippen LogP contribution is 2.47. The minimum absolute atomic E-state index is 0.147. The Morgan fingerprint density at radius 3 is 2.56 bits per heavy atom. The summed E-state index contributed by atoms with van der Waals surface area (Å²) in [6.45, 7) is 10.0. The molecule has 0 spiro atoms. The number of ether oxygens (including phenoxy) is 3. The molecule has 2 aromatic rings. The second kappa shape index (κ2) is 14.7. The highest BCUT2D eigenvalue weighted by atomic mass is 35.5. The van der Waals surface area contributed by atoms with E-state index in [0.29, 0.717) is 29.9 Å². The Morgan fingerprint density at radius 2 is 1.80 bits per heavy atom. The molecule has 0 radical (unpaired) electrons. The van der Waals surface area contributed by atoms with Crippen molar-refractivity contribution in [3.8, 4) is 5.75 Å². The van der Waals surface area contributed by atoms with Gasteiger partial charge < -0.3 is 19.1 Å². The molecule has 3 heterocycles. The molecular weight excluding hydrogens is 608 g/mol. The highest BCUT2D eigenvalue weighted by Gasteiger charge is 2.43. The van der Waals surface area contributed by atoms with Gasteiger partial charge in [-0.25, -0.2) is 4.21 Å². The second-order valence-corrected chi connectivity index (χ2v) is 15.6. The molecule has 0 aromatic heterocycles. The van der Waals surface area contributed by atoms with E-state index in [0.717, 1.165) is 81.3 Å². The largest absolute Gasteiger partial charge is 0.491 e. The Morgan fingerprint density at radius 1 is 0.978 bits per heavy atom. The molecule has 7 unspecified atom stereocenters. The zero-order chi connectivity index (χ0) is 31.5. The first-order valence-electron chi connectivity index (χ1n) is 17.1. The van der Waals surface area contributed by atoms with Gasteiger partial charge in [-0.1, -0.05) is 44.4 Å². The Hall–Kier alpha value is -2.13. The van der Waals surface area contributed by atoms with Crippen molar-refractivity contribution >= 4 is 34.2 Å². The minimum Gasteiger partial charge on any atom is -0.491 e. The quantitative estimate of drug-likeness (QED) is 0.373. The molecule has 2 bridgehead atoms. The van der Waals surface area contributed by atoms with Crippen molar-refractivity contribution in [2.24, 2.45) is 23.7 Å². The minimum atomic E-state index is -1.49. The van der Waals surface area contributed by atoms with E-state index in [1.165, 1.54) is 24.0 Å². The van der Waals surface area contributed by atoms with Crippen LogP contribution < -0.4 is 14.4 Å². The number of anilines is 1. The Kier molecular flexibility index (Phi) is 10.7. The van der Waals surface area contributed by atoms with Crippen molar-refractivity contribution < 1.29 is 23.2 Å². The first-order valence-corrected chi connectivity index (χ1v) is 18.7. The van der Waals surface area contributed by atoms with Crippen LogP contribution in [0.15, 0.2) is 36.4 Å². The van der Waals surface area contributed by atoms with E-state index in [1.54, 1.807) is 6.07 Å². The first-order chi connectivity index (χ1) is 21.8. The van der Waals surface area contributed by atoms with Gasteiger partial charge in [0.25, 0.3) is 5.91 Å². The smallest absolute Gasteiger partial charge is 0.263 e. The molecule has 4 aliphatic rings. The van der Waals surface area contributed by atoms with Crippen LogP contribution in [0.5, 0.6) is 5.75 Å². The molecule has 2 aromatic carbocycles. The maximum atomic E-state index is 13.4. The van der Waals surface area contributed by atoms with Gasteiger partial charge in [-0.05, 0) is 105 Å². The Balaban J connectivity index is 1.36. The third-order valence-electron chi connectivity index (χ3n) is 10.7. The zero-order valence-corrected chi connectivity index (χ0v) is 28.5. The lowest BCUT2D eigenvalue weighted by molar-refractivity contribution is -0.224. The molecule has 1 N–H and O–H groups in total. The lowest BCUT2D eigenvalue weighted by atomic mass is 9.65. The Labute approximate surface area is 276 Å². The van der Waals surface area contributed by atoms with E-state index in [9.17, 15) is 9.00 Å². The topological polar surface area (TPSA) is 77.1 Å². The summed E-state index contributed by atoms with van der Waals surface area (Å²) in [7, 11) is -1.49. The SMILES string of the molecule is CCCc1cc(Cl)ccc1C1COc2ccc3cc2N(C1)CC1CCC1C(C1OCCCO1)CCCC(C)C(C)S(=O)NC3=O. The zero-order valence-electron chi connectivity index (χ0n) is 27.0. The molecule has 1 saturated carbocycles. The first kappa shape index (κ1) is 32.8. The maximum absolute atomic E-state index is 13.4. The number of halogens is 1. The van der Waals surface area contributed by atoms with Gasteiger partial charge in [0.15, 0.2) is 6.29 Å². The fourth-order valence-corrected chi connectivity index (χ4v) is 9.03. The van der Waals surface area contributed by atoms with Gasteiger partial charge in [-0.2, -0.15) is 0 Å². The fraction of sp³-hybridized carbons (Fsp3) is 0.639. The summed E-state index contributed by atoms with van der Waals surface area (Å²) in [5.41, 5.74) is 4.00. The van der Waals surface area contributed by atoms with Crippen LogP contribution in [0, 0.1) is 23.7 Å². The standard InChI is InChI=1S/C36H49ClN2O5S/c1-4-7-25-18-29(37)12-14-30(25)28-21-39-20-27-10-13-31(27)32(36-42-16-6-17-43-36)9-5-8-23(2)24(3)45(41)38-35(40)26-11-15-34(44-22-28)33(39)19-26/h11-12,14-15,18-19,23-24,27-28,31-32,36H,4-10,13,16-17,20-22H2,1-3H3,(H,38,40). The number of carbonyl (C=O) groups is 1. The van der Waals surface area contributed by atoms with Crippen molar-refractivity contribution in [2.75, 3.05) is 37.8 Å². The van der Waals surface area contributed by atoms with Gasteiger partial charge in [-0.15, -0.1) is 0 Å². The van der Waals surface area contributed by atoms with Gasteiger partial charge in [0.1, 0.15) is 16.7 Å². The molecule has 3 aliphatic heterocycles. The molecule has 1 amide bonds. The van der Waals surface area contributed by atoms with Crippen LogP contribution in [0.1, 0.15) is 93.1 Å². The van der Waals surface area contributed by atoms with Crippen LogP contribution in [-0.2, 0) is 26.9 Å². The summed E-state index contributed by atoms with van der Waals surface area (Å²) in [4.78, 5) is 15.9. The average Bonchev–Trinajstić information content (AvgIpc) is 3.21. The number of aryl methyl sites for hydroxylation is 1. The van der Waals surface area contributed by atoms with Gasteiger partial charge in [0.05, 0.1) is 30.8 Å². The second-order valence-electron chi connectivity index (χ2n) is 13.7. The Bertz CT molecular complexity index is 1370. The van der Waals surface area contributed by atoms with E-state index in [4.69, 9.17) is 25.8 Å². The van der Waals surface area contributed by atoms with Gasteiger partial charge in [0, 0.05) is 35.5 Å². The van der Waals surface area contributed by atoms with Crippen molar-refractivity contribution in [3.05, 3.63) is 58.1 Å². The van der Waals surface area contributed by atoms with Crippen LogP contribution in [-0.4, -0.2) is 54.6 Å². The number of amides is 1. The molecular formula is C36H49ClN2O5S. The van der Waals surface area contributed by atoms with E-state index in [-0.39, 0.29) is 29.3 Å². The number of nitrogens with zero attached hydrogens (tertiary/aromatic N) is 1. The van der Waals surface area contributed by atoms with Crippen molar-refractivity contribution in [3.63, 3.8) is 0 Å². The van der Waals surface area contributed by atoms with Gasteiger partial charge in [0.2, 0.25) is 0 Å². The van der Waals surface area contributed by atoms with Crippen LogP contribution >= 0.6 is 11.6 Å². The predicted octanol–water partition coefficient (Wildman–Crippen LogP) is 7.28. The molecule has 7 nitrogen and oxygen atoms in total. The molecule has 6 rings (SSSR count). The highest BCUT2D eigenvalue weighted by molar-refractivity contribution is 7.84. The van der Waals surface area contributed by atoms with Crippen LogP contribution in [0.3, 0.4) is 0 Å². The third kappa shape index (κ3) is 7.39. The number of hydrogen-bond acceptors (Lipinski definition) is 6. The molecule has 9 heteroatoms. The predicted molar refractivity (Wildman–Crippen MR) is 180 cm³/mol. The fourth-order valence-electron chi connectivity index (χ4n) is 7.79. The van der Waals surface area contributed by atoms with E-state index < -0.39 is 11.0 Å². The summed E-state index contributed by atoms with van der Waals surface area (Å²) in [6, 6.07) is 11.9. The number of rotatable bonds is 4. The lowest BCUT2D eigenvalue weighted by Gasteiger charge is -2.47. The summed E-state index contributed by atoms with van der Waals surface area (Å²) in [5, 5.41) is 0.606. The van der Waals surface area contributed by atoms with Crippen LogP contribution in [0.25, 0.3) is 0 Å². The molecule has 2 fully saturated rings. The summed E-state index contributed by atoms with van der Waals surface area (Å²) in [6.07, 6.45) is 8.14. The van der Waals surface area contributed by atoms with Crippen molar-refractivity contribution in [1.29, 1.82) is 0 Å². The lowest BCUT2D eigenvalue weighted by Crippen LogP contribution is -2.47. The van der Waals surface area contributed by atoms with Crippen molar-refractivity contribution in [2.45, 2.75) is 89.6 Å². The molecule has 7 atom stereocenters. The summed E-state index contributed by atoms with van der Waals surface area (Å²) >= 11 is 6.45. The number of fused-ring (bicyclic) bond motifs is 2.